The minimum Gasteiger partial charge on any atom is -0.497 e. The average molecular weight is 200 g/mol. The highest BCUT2D eigenvalue weighted by Crippen LogP contribution is 2.09. The minimum atomic E-state index is -1.75. The van der Waals surface area contributed by atoms with E-state index in [1.54, 1.807) is 7.11 Å². The predicted octanol–water partition coefficient (Wildman–Crippen LogP) is 0.198. The van der Waals surface area contributed by atoms with Gasteiger partial charge in [-0.05, 0) is 24.3 Å². The molecule has 0 fully saturated rings. The molecule has 0 spiro atoms. The second-order valence-electron chi connectivity index (χ2n) is 2.32. The topological polar surface area (TPSA) is 103 Å². The molecule has 0 saturated carbocycles. The van der Waals surface area contributed by atoms with Crippen molar-refractivity contribution in [1.82, 2.24) is 0 Å². The van der Waals surface area contributed by atoms with Crippen LogP contribution in [0.1, 0.15) is 5.56 Å². The highest BCUT2D eigenvalue weighted by Gasteiger charge is 1.90. The number of ether oxygens (including phenoxy) is 1. The molecule has 0 heterocycles. The van der Waals surface area contributed by atoms with E-state index in [-0.39, 0.29) is 0 Å². The lowest BCUT2D eigenvalue weighted by Gasteiger charge is -1.98. The first-order valence-corrected chi connectivity index (χ1v) is 3.84. The Hall–Kier alpha value is -1.82. The van der Waals surface area contributed by atoms with Gasteiger partial charge in [0, 0.05) is 5.56 Å². The third-order valence-electron chi connectivity index (χ3n) is 1.45. The van der Waals surface area contributed by atoms with E-state index in [0.29, 0.717) is 0 Å². The summed E-state index contributed by atoms with van der Waals surface area (Å²) in [5.41, 5.74) is 5.01. The van der Waals surface area contributed by atoms with Gasteiger partial charge >= 0.3 is 0 Å². The maximum absolute atomic E-state index is 8.25. The number of methoxy groups -OCH3 is 1. The standard InChI is InChI=1S/C8H11NO.NO3/c1-10-8-4-2-7(6-9)3-5-8;2-1(3)4/h2-5H,6,9H2,1H3;/q;-1/p+1. The quantitative estimate of drug-likeness (QED) is 0.543. The van der Waals surface area contributed by atoms with E-state index in [0.717, 1.165) is 12.3 Å². The van der Waals surface area contributed by atoms with Gasteiger partial charge < -0.3 is 25.8 Å². The van der Waals surface area contributed by atoms with Crippen molar-refractivity contribution >= 4 is 0 Å². The molecule has 14 heavy (non-hydrogen) atoms. The summed E-state index contributed by atoms with van der Waals surface area (Å²) < 4.78 is 4.99. The van der Waals surface area contributed by atoms with Gasteiger partial charge in [-0.1, -0.05) is 0 Å². The van der Waals surface area contributed by atoms with Crippen molar-refractivity contribution in [1.29, 1.82) is 0 Å². The van der Waals surface area contributed by atoms with E-state index < -0.39 is 5.09 Å². The molecule has 0 aliphatic rings. The fraction of sp³-hybridized carbons (Fsp3) is 0.250. The molecule has 0 aromatic heterocycles. The summed E-state index contributed by atoms with van der Waals surface area (Å²) in [5, 5.41) is 14.8. The molecule has 6 nitrogen and oxygen atoms in total. The van der Waals surface area contributed by atoms with Crippen molar-refractivity contribution in [3.05, 3.63) is 45.2 Å². The molecule has 0 bridgehead atoms. The largest absolute Gasteiger partial charge is 0.497 e. The van der Waals surface area contributed by atoms with E-state index >= 15 is 0 Å². The van der Waals surface area contributed by atoms with Crippen LogP contribution in [0.4, 0.5) is 0 Å². The summed E-state index contributed by atoms with van der Waals surface area (Å²) in [5.74, 6) is 0.900. The average Bonchev–Trinajstić information content (AvgIpc) is 2.17. The van der Waals surface area contributed by atoms with Gasteiger partial charge in [-0.3, -0.25) is 0 Å². The summed E-state index contributed by atoms with van der Waals surface area (Å²) in [6.45, 7) is 0.837. The Morgan fingerprint density at radius 2 is 1.79 bits per heavy atom. The highest BCUT2D eigenvalue weighted by atomic mass is 16.9. The summed E-state index contributed by atoms with van der Waals surface area (Å²) >= 11 is 0. The molecule has 78 valence electrons. The van der Waals surface area contributed by atoms with Crippen LogP contribution in [-0.4, -0.2) is 12.2 Å². The normalized spacial score (nSPS) is 8.43. The first-order chi connectivity index (χ1) is 6.60. The summed E-state index contributed by atoms with van der Waals surface area (Å²) in [4.78, 5) is 8.25. The molecule has 0 amide bonds. The lowest BCUT2D eigenvalue weighted by Crippen LogP contribution is -2.47. The van der Waals surface area contributed by atoms with Crippen molar-refractivity contribution < 1.29 is 15.6 Å². The Labute approximate surface area is 81.0 Å². The van der Waals surface area contributed by atoms with E-state index in [4.69, 9.17) is 20.1 Å². The maximum atomic E-state index is 8.25. The van der Waals surface area contributed by atoms with Crippen molar-refractivity contribution in [2.24, 2.45) is 0 Å². The zero-order chi connectivity index (χ0) is 11.0. The third-order valence-corrected chi connectivity index (χ3v) is 1.45. The van der Waals surface area contributed by atoms with E-state index in [9.17, 15) is 0 Å². The molecule has 0 unspecified atom stereocenters. The van der Waals surface area contributed by atoms with E-state index in [1.807, 2.05) is 24.3 Å². The van der Waals surface area contributed by atoms with Gasteiger partial charge in [0.1, 0.15) is 5.75 Å². The van der Waals surface area contributed by atoms with Crippen molar-refractivity contribution in [3.63, 3.8) is 0 Å². The number of quaternary nitrogens is 1. The van der Waals surface area contributed by atoms with Crippen LogP contribution in [0.3, 0.4) is 0 Å². The predicted molar refractivity (Wildman–Crippen MR) is 49.9 cm³/mol. The number of rotatable bonds is 2. The Morgan fingerprint density at radius 3 is 2.07 bits per heavy atom. The van der Waals surface area contributed by atoms with Crippen molar-refractivity contribution in [2.45, 2.75) is 6.54 Å². The van der Waals surface area contributed by atoms with Gasteiger partial charge in [-0.15, -0.1) is 0 Å². The van der Waals surface area contributed by atoms with Crippen LogP contribution in [0.25, 0.3) is 0 Å². The monoisotopic (exact) mass is 200 g/mol. The van der Waals surface area contributed by atoms with Gasteiger partial charge in [0.05, 0.1) is 18.7 Å². The lowest BCUT2D eigenvalue weighted by atomic mass is 10.2. The van der Waals surface area contributed by atoms with Crippen LogP contribution in [0.15, 0.2) is 24.3 Å². The van der Waals surface area contributed by atoms with E-state index in [1.165, 1.54) is 5.56 Å². The fourth-order valence-electron chi connectivity index (χ4n) is 0.792. The van der Waals surface area contributed by atoms with Crippen molar-refractivity contribution in [2.75, 3.05) is 7.11 Å². The second-order valence-corrected chi connectivity index (χ2v) is 2.32. The Kier molecular flexibility index (Phi) is 5.80. The van der Waals surface area contributed by atoms with Crippen molar-refractivity contribution in [3.8, 4) is 5.75 Å². The molecule has 1 aromatic carbocycles. The SMILES string of the molecule is COc1ccc(C[NH3+])cc1.O=[N+]([O-])[O-]. The zero-order valence-electron chi connectivity index (χ0n) is 7.80. The molecule has 6 heteroatoms. The lowest BCUT2D eigenvalue weighted by molar-refractivity contribution is -0.402. The smallest absolute Gasteiger partial charge is 0.118 e. The van der Waals surface area contributed by atoms with E-state index in [2.05, 4.69) is 5.73 Å². The van der Waals surface area contributed by atoms with Gasteiger partial charge in [0.15, 0.2) is 0 Å². The number of hydrogen-bond donors (Lipinski definition) is 1. The third kappa shape index (κ3) is 5.78. The summed E-state index contributed by atoms with van der Waals surface area (Å²) in [7, 11) is 1.67. The first kappa shape index (κ1) is 12.2. The summed E-state index contributed by atoms with van der Waals surface area (Å²) in [6.07, 6.45) is 0. The molecule has 0 aliphatic carbocycles. The molecular formula is C8H12N2O4. The second kappa shape index (κ2) is 6.67. The molecule has 1 rings (SSSR count). The fourth-order valence-corrected chi connectivity index (χ4v) is 0.792. The number of nitrogens with zero attached hydrogens (tertiary/aromatic N) is 1. The molecular weight excluding hydrogens is 188 g/mol. The molecule has 1 aromatic rings. The molecule has 0 atom stereocenters. The van der Waals surface area contributed by atoms with Gasteiger partial charge in [-0.2, -0.15) is 0 Å². The van der Waals surface area contributed by atoms with Crippen LogP contribution >= 0.6 is 0 Å². The van der Waals surface area contributed by atoms with Crippen LogP contribution < -0.4 is 10.5 Å². The zero-order valence-corrected chi connectivity index (χ0v) is 7.80. The Morgan fingerprint density at radius 1 is 1.36 bits per heavy atom. The molecule has 3 N–H and O–H groups in total. The molecule has 0 saturated heterocycles. The Balaban J connectivity index is 0.000000364. The minimum absolute atomic E-state index is 0.837. The van der Waals surface area contributed by atoms with Crippen LogP contribution in [0, 0.1) is 15.3 Å². The number of benzene rings is 1. The highest BCUT2D eigenvalue weighted by molar-refractivity contribution is 5.26. The first-order valence-electron chi connectivity index (χ1n) is 3.84. The summed E-state index contributed by atoms with van der Waals surface area (Å²) in [6, 6.07) is 7.93. The molecule has 0 radical (unpaired) electrons. The van der Waals surface area contributed by atoms with Gasteiger partial charge in [0.2, 0.25) is 0 Å². The molecule has 0 aliphatic heterocycles. The van der Waals surface area contributed by atoms with Crippen LogP contribution in [0.2, 0.25) is 0 Å². The van der Waals surface area contributed by atoms with Crippen LogP contribution in [-0.2, 0) is 6.54 Å². The number of hydrogen-bond acceptors (Lipinski definition) is 4. The van der Waals surface area contributed by atoms with Gasteiger partial charge in [0.25, 0.3) is 0 Å². The maximum Gasteiger partial charge on any atom is 0.118 e. The van der Waals surface area contributed by atoms with Crippen LogP contribution in [0.5, 0.6) is 5.75 Å². The van der Waals surface area contributed by atoms with Gasteiger partial charge in [-0.25, -0.2) is 0 Å². The Bertz CT molecular complexity index is 246.